The first-order valence-electron chi connectivity index (χ1n) is 26.8. The molecular formula is C57H81F2N9O11. The van der Waals surface area contributed by atoms with Crippen LogP contribution in [0, 0.1) is 12.7 Å². The van der Waals surface area contributed by atoms with Crippen LogP contribution in [0.15, 0.2) is 41.7 Å². The largest absolute Gasteiger partial charge is 0.461 e. The van der Waals surface area contributed by atoms with Gasteiger partial charge < -0.3 is 59.6 Å². The summed E-state index contributed by atoms with van der Waals surface area (Å²) in [4.78, 5) is 110. The number of likely N-dealkylation sites (tertiary alicyclic amines) is 2. The molecule has 0 saturated carbocycles. The molecule has 22 heteroatoms. The highest BCUT2D eigenvalue weighted by Crippen LogP contribution is 2.39. The molecule has 7 unspecified atom stereocenters. The lowest BCUT2D eigenvalue weighted by atomic mass is 9.94. The van der Waals surface area contributed by atoms with Crippen molar-refractivity contribution in [3.05, 3.63) is 64.9 Å². The number of nitrogens with two attached hydrogens (primary N) is 1. The number of amidine groups is 1. The molecule has 0 aliphatic carbocycles. The van der Waals surface area contributed by atoms with Crippen LogP contribution >= 0.6 is 0 Å². The first kappa shape index (κ1) is 62.6. The van der Waals surface area contributed by atoms with Crippen molar-refractivity contribution < 1.29 is 61.3 Å². The number of hydrogen-bond acceptors (Lipinski definition) is 12. The van der Waals surface area contributed by atoms with E-state index < -0.39 is 101 Å². The number of aliphatic imine (C=N–C) groups is 1. The molecule has 20 nitrogen and oxygen atoms in total. The topological polar surface area (TPSA) is 251 Å². The summed E-state index contributed by atoms with van der Waals surface area (Å²) in [6.07, 6.45) is 1.83. The van der Waals surface area contributed by atoms with Crippen LogP contribution in [0.3, 0.4) is 0 Å². The molecule has 79 heavy (non-hydrogen) atoms. The van der Waals surface area contributed by atoms with Gasteiger partial charge in [-0.05, 0) is 128 Å². The molecule has 434 valence electrons. The number of carbonyl (C=O) groups is 7. The van der Waals surface area contributed by atoms with Gasteiger partial charge in [0.1, 0.15) is 59.5 Å². The summed E-state index contributed by atoms with van der Waals surface area (Å²) in [5.41, 5.74) is 9.08. The van der Waals surface area contributed by atoms with E-state index in [2.05, 4.69) is 26.9 Å². The van der Waals surface area contributed by atoms with Gasteiger partial charge in [0.15, 0.2) is 0 Å². The molecule has 3 aromatic rings. The van der Waals surface area contributed by atoms with Gasteiger partial charge in [-0.3, -0.25) is 29.0 Å². The summed E-state index contributed by atoms with van der Waals surface area (Å²) >= 11 is 0. The lowest BCUT2D eigenvalue weighted by Crippen LogP contribution is -2.52. The number of esters is 2. The predicted octanol–water partition coefficient (Wildman–Crippen LogP) is 7.80. The molecule has 5 rings (SSSR count). The molecule has 2 fully saturated rings. The maximum Gasteiger partial charge on any atom is 0.410 e. The van der Waals surface area contributed by atoms with Crippen molar-refractivity contribution >= 4 is 64.7 Å². The zero-order chi connectivity index (χ0) is 59.0. The Morgan fingerprint density at radius 3 is 2.00 bits per heavy atom. The highest BCUT2D eigenvalue weighted by atomic mass is 19.1. The summed E-state index contributed by atoms with van der Waals surface area (Å²) in [6.45, 7) is 23.1. The molecule has 0 radical (unpaired) electrons. The molecule has 5 amide bonds. The maximum atomic E-state index is 15.2. The second-order valence-corrected chi connectivity index (χ2v) is 22.5. The van der Waals surface area contributed by atoms with Crippen molar-refractivity contribution in [1.82, 2.24) is 34.9 Å². The van der Waals surface area contributed by atoms with Crippen LogP contribution in [0.2, 0.25) is 0 Å². The van der Waals surface area contributed by atoms with Gasteiger partial charge in [-0.25, -0.2) is 18.4 Å². The average molecular weight is 1110 g/mol. The molecule has 4 heterocycles. The van der Waals surface area contributed by atoms with Crippen molar-refractivity contribution in [3.63, 3.8) is 0 Å². The molecule has 0 bridgehead atoms. The molecule has 2 aliphatic heterocycles. The quantitative estimate of drug-likeness (QED) is 0.0278. The summed E-state index contributed by atoms with van der Waals surface area (Å²) < 4.78 is 52.0. The minimum atomic E-state index is -1.03. The van der Waals surface area contributed by atoms with E-state index in [0.717, 1.165) is 4.90 Å². The third-order valence-electron chi connectivity index (χ3n) is 13.8. The van der Waals surface area contributed by atoms with Gasteiger partial charge in [0.25, 0.3) is 0 Å². The molecule has 2 aliphatic rings. The first-order valence-corrected chi connectivity index (χ1v) is 26.8. The average Bonchev–Trinajstić information content (AvgIpc) is 4.22. The zero-order valence-corrected chi connectivity index (χ0v) is 48.3. The summed E-state index contributed by atoms with van der Waals surface area (Å²) in [5.74, 6) is -3.64. The molecule has 1 aromatic carbocycles. The van der Waals surface area contributed by atoms with Crippen LogP contribution in [0.4, 0.5) is 18.4 Å². The van der Waals surface area contributed by atoms with E-state index in [1.54, 1.807) is 84.3 Å². The number of H-pyrrole nitrogens is 2. The Morgan fingerprint density at radius 2 is 1.44 bits per heavy atom. The molecule has 7 atom stereocenters. The van der Waals surface area contributed by atoms with Crippen LogP contribution in [-0.2, 0) is 55.8 Å². The number of aryl methyl sites for hydroxylation is 1. The Hall–Kier alpha value is -7.26. The SMILES string of the molecule is C=C(F)C=Cc1c(C)[nH]c(-c2[nH]c3cc(F)ccc3c2CC2CC(OC(C)=O)CN2C(=O)C(CC)NC(=O)CN(C)C(=O)OC(C)(C)C)c1CCC1CC(OC(C)=O)CN1C(=O)C(CC)N=C(N)C(C)N(C)C(=O)OC(C)(C)C. The highest BCUT2D eigenvalue weighted by Gasteiger charge is 2.42. The summed E-state index contributed by atoms with van der Waals surface area (Å²) in [7, 11) is 2.94. The van der Waals surface area contributed by atoms with E-state index in [9.17, 15) is 38.0 Å². The number of ether oxygens (including phenoxy) is 4. The van der Waals surface area contributed by atoms with Crippen molar-refractivity contribution in [1.29, 1.82) is 0 Å². The lowest BCUT2D eigenvalue weighted by Gasteiger charge is -2.30. The number of fused-ring (bicyclic) bond motifs is 1. The first-order chi connectivity index (χ1) is 36.8. The van der Waals surface area contributed by atoms with E-state index in [4.69, 9.17) is 24.7 Å². The molecular weight excluding hydrogens is 1020 g/mol. The minimum Gasteiger partial charge on any atom is -0.461 e. The summed E-state index contributed by atoms with van der Waals surface area (Å²) in [5, 5.41) is 3.40. The number of likely N-dealkylation sites (N-methyl/N-ethyl adjacent to an activating group) is 2. The fraction of sp³-hybridized carbons (Fsp3) is 0.579. The van der Waals surface area contributed by atoms with Gasteiger partial charge in [-0.15, -0.1) is 0 Å². The Morgan fingerprint density at radius 1 is 0.873 bits per heavy atom. The van der Waals surface area contributed by atoms with Crippen LogP contribution in [-0.4, -0.2) is 165 Å². The van der Waals surface area contributed by atoms with E-state index in [1.807, 2.05) is 6.92 Å². The van der Waals surface area contributed by atoms with E-state index >= 15 is 4.39 Å². The van der Waals surface area contributed by atoms with Crippen LogP contribution < -0.4 is 11.1 Å². The Balaban J connectivity index is 1.54. The van der Waals surface area contributed by atoms with Crippen LogP contribution in [0.1, 0.15) is 131 Å². The van der Waals surface area contributed by atoms with E-state index in [-0.39, 0.29) is 69.9 Å². The second kappa shape index (κ2) is 26.1. The normalized spacial score (nSPS) is 19.0. The van der Waals surface area contributed by atoms with Crippen LogP contribution in [0.5, 0.6) is 0 Å². The lowest BCUT2D eigenvalue weighted by molar-refractivity contribution is -0.147. The fourth-order valence-corrected chi connectivity index (χ4v) is 10.0. The number of hydrogen-bond donors (Lipinski definition) is 4. The Bertz CT molecular complexity index is 2830. The van der Waals surface area contributed by atoms with Gasteiger partial charge >= 0.3 is 24.1 Å². The molecule has 2 aromatic heterocycles. The predicted molar refractivity (Wildman–Crippen MR) is 296 cm³/mol. The number of allylic oxidation sites excluding steroid dienone is 2. The van der Waals surface area contributed by atoms with Crippen molar-refractivity contribution in [2.75, 3.05) is 33.7 Å². The highest BCUT2D eigenvalue weighted by molar-refractivity contribution is 5.94. The number of aromatic nitrogens is 2. The van der Waals surface area contributed by atoms with E-state index in [0.29, 0.717) is 51.1 Å². The van der Waals surface area contributed by atoms with Crippen LogP contribution in [0.25, 0.3) is 28.4 Å². The van der Waals surface area contributed by atoms with Gasteiger partial charge in [-0.1, -0.05) is 26.5 Å². The third kappa shape index (κ3) is 16.6. The van der Waals surface area contributed by atoms with Gasteiger partial charge in [0.2, 0.25) is 17.7 Å². The van der Waals surface area contributed by atoms with Gasteiger partial charge in [-0.2, -0.15) is 0 Å². The fourth-order valence-electron chi connectivity index (χ4n) is 10.0. The second-order valence-electron chi connectivity index (χ2n) is 22.5. The number of aromatic amines is 2. The zero-order valence-electron chi connectivity index (χ0n) is 48.3. The number of rotatable bonds is 20. The Labute approximate surface area is 461 Å². The third-order valence-corrected chi connectivity index (χ3v) is 13.8. The number of amides is 5. The minimum absolute atomic E-state index is 0.0123. The smallest absolute Gasteiger partial charge is 0.410 e. The van der Waals surface area contributed by atoms with Crippen molar-refractivity contribution in [2.24, 2.45) is 10.7 Å². The van der Waals surface area contributed by atoms with Crippen molar-refractivity contribution in [3.8, 4) is 11.4 Å². The number of halogens is 2. The van der Waals surface area contributed by atoms with Gasteiger partial charge in [0, 0.05) is 69.5 Å². The van der Waals surface area contributed by atoms with Gasteiger partial charge in [0.05, 0.1) is 30.5 Å². The summed E-state index contributed by atoms with van der Waals surface area (Å²) in [6, 6.07) is 0.480. The van der Waals surface area contributed by atoms with E-state index in [1.165, 1.54) is 51.1 Å². The number of benzene rings is 1. The number of nitrogens with one attached hydrogen (secondary N) is 3. The molecule has 2 saturated heterocycles. The number of carbonyl (C=O) groups excluding carboxylic acids is 7. The standard InChI is InChI=1S/C57H81F2N9O11/c1-16-45(62-48(71)30-65(14)54(74)78-56(8,9)10)52(72)68-29-40(77-35(7)70)26-38(68)27-44-42-22-19-36(59)24-47(42)63-50(44)49-43(41(32(4)61-49)21-18-31(3)58)23-20-37-25-39(76-34(6)69)28-67(37)53(73)46(17-2)64-51(60)33(5)66(15)55(75)79-57(11,12)13/h18-19,21-22,24,33,37-40,45-46,61,63H,3,16-17,20,23,25-30H2,1-2,4-15H3,(H2,60,64)(H,62,71). The molecule has 0 spiro atoms. The number of nitrogens with zero attached hydrogens (tertiary/aromatic N) is 5. The molecule has 5 N–H and O–H groups in total. The Kier molecular flexibility index (Phi) is 20.7. The monoisotopic (exact) mass is 1110 g/mol. The van der Waals surface area contributed by atoms with Crippen molar-refractivity contribution in [2.45, 2.75) is 182 Å². The maximum absolute atomic E-state index is 15.2.